The summed E-state index contributed by atoms with van der Waals surface area (Å²) in [5, 5.41) is 0. The first-order valence-corrected chi connectivity index (χ1v) is 3.90. The number of hydrogen-bond donors (Lipinski definition) is 0. The van der Waals surface area contributed by atoms with Gasteiger partial charge < -0.3 is 0 Å². The number of fused-ring (bicyclic) bond motifs is 1. The van der Waals surface area contributed by atoms with E-state index < -0.39 is 0 Å². The summed E-state index contributed by atoms with van der Waals surface area (Å²) in [4.78, 5) is 0. The van der Waals surface area contributed by atoms with E-state index in [4.69, 9.17) is 0 Å². The molecule has 9 heavy (non-hydrogen) atoms. The molecular formula is C9H14. The lowest BCUT2D eigenvalue weighted by Crippen LogP contribution is -2.04. The molecule has 0 aromatic rings. The first-order chi connectivity index (χ1) is 4.27. The predicted molar refractivity (Wildman–Crippen MR) is 39.0 cm³/mol. The Morgan fingerprint density at radius 3 is 2.22 bits per heavy atom. The molecule has 2 fully saturated rings. The van der Waals surface area contributed by atoms with Gasteiger partial charge in [0, 0.05) is 0 Å². The van der Waals surface area contributed by atoms with Crippen molar-refractivity contribution in [1.82, 2.24) is 0 Å². The molecule has 2 unspecified atom stereocenters. The quantitative estimate of drug-likeness (QED) is 0.493. The number of allylic oxidation sites excluding steroid dienone is 1. The molecule has 0 aromatic heterocycles. The average Bonchev–Trinajstić information content (AvgIpc) is 2.47. The summed E-state index contributed by atoms with van der Waals surface area (Å²) in [6, 6.07) is 0. The van der Waals surface area contributed by atoms with E-state index in [1.165, 1.54) is 0 Å². The van der Waals surface area contributed by atoms with Crippen molar-refractivity contribution in [1.29, 1.82) is 0 Å². The Kier molecular flexibility index (Phi) is 0.870. The maximum atomic E-state index is 3.80. The third-order valence-corrected chi connectivity index (χ3v) is 2.98. The van der Waals surface area contributed by atoms with Crippen molar-refractivity contribution < 1.29 is 0 Å². The van der Waals surface area contributed by atoms with E-state index in [1.807, 2.05) is 0 Å². The monoisotopic (exact) mass is 122 g/mol. The van der Waals surface area contributed by atoms with Crippen molar-refractivity contribution in [2.45, 2.75) is 13.8 Å². The lowest BCUT2D eigenvalue weighted by molar-refractivity contribution is 0.410. The Hall–Kier alpha value is -0.260. The lowest BCUT2D eigenvalue weighted by Gasteiger charge is -2.10. The summed E-state index contributed by atoms with van der Waals surface area (Å²) in [6.07, 6.45) is 2.13. The lowest BCUT2D eigenvalue weighted by atomic mass is 9.95. The highest BCUT2D eigenvalue weighted by molar-refractivity contribution is 5.24. The second kappa shape index (κ2) is 1.42. The molecule has 0 aromatic carbocycles. The Morgan fingerprint density at radius 1 is 1.33 bits per heavy atom. The van der Waals surface area contributed by atoms with Crippen LogP contribution in [0.25, 0.3) is 0 Å². The van der Waals surface area contributed by atoms with Crippen molar-refractivity contribution in [3.05, 3.63) is 12.7 Å². The largest absolute Gasteiger partial charge is 0.103 e. The topological polar surface area (TPSA) is 0 Å². The summed E-state index contributed by atoms with van der Waals surface area (Å²) in [5.74, 6) is 5.08. The van der Waals surface area contributed by atoms with Gasteiger partial charge in [-0.2, -0.15) is 0 Å². The highest BCUT2D eigenvalue weighted by Gasteiger charge is 2.71. The molecule has 0 aliphatic heterocycles. The van der Waals surface area contributed by atoms with Crippen LogP contribution in [0, 0.1) is 29.6 Å². The molecule has 2 rings (SSSR count). The van der Waals surface area contributed by atoms with Crippen LogP contribution in [0.2, 0.25) is 0 Å². The minimum absolute atomic E-state index is 0.927. The predicted octanol–water partition coefficient (Wildman–Crippen LogP) is 2.32. The molecule has 0 heterocycles. The standard InChI is InChI=1S/C9H14/c1-4-6-8-7(5(2)3)9(6)8/h4-9H,1H2,2-3H3. The Bertz CT molecular complexity index is 136. The molecule has 0 saturated heterocycles. The first-order valence-electron chi connectivity index (χ1n) is 3.90. The average molecular weight is 122 g/mol. The van der Waals surface area contributed by atoms with Crippen molar-refractivity contribution >= 4 is 0 Å². The van der Waals surface area contributed by atoms with Gasteiger partial charge in [0.15, 0.2) is 0 Å². The zero-order chi connectivity index (χ0) is 6.59. The van der Waals surface area contributed by atoms with Crippen molar-refractivity contribution in [2.24, 2.45) is 29.6 Å². The van der Waals surface area contributed by atoms with Crippen LogP contribution in [-0.4, -0.2) is 0 Å². The highest BCUT2D eigenvalue weighted by Crippen LogP contribution is 2.75. The number of hydrogen-bond acceptors (Lipinski definition) is 0. The van der Waals surface area contributed by atoms with Crippen LogP contribution in [0.1, 0.15) is 13.8 Å². The molecule has 2 aliphatic rings. The van der Waals surface area contributed by atoms with Crippen LogP contribution in [0.15, 0.2) is 12.7 Å². The van der Waals surface area contributed by atoms with Crippen LogP contribution in [0.4, 0.5) is 0 Å². The van der Waals surface area contributed by atoms with Gasteiger partial charge in [-0.1, -0.05) is 19.9 Å². The fourth-order valence-corrected chi connectivity index (χ4v) is 2.34. The fourth-order valence-electron chi connectivity index (χ4n) is 2.34. The minimum Gasteiger partial charge on any atom is -0.103 e. The molecule has 0 bridgehead atoms. The molecular weight excluding hydrogens is 108 g/mol. The van der Waals surface area contributed by atoms with Gasteiger partial charge in [0.25, 0.3) is 0 Å². The third-order valence-electron chi connectivity index (χ3n) is 2.98. The number of rotatable bonds is 2. The van der Waals surface area contributed by atoms with Gasteiger partial charge in [0.05, 0.1) is 0 Å². The van der Waals surface area contributed by atoms with Gasteiger partial charge in [-0.3, -0.25) is 0 Å². The zero-order valence-electron chi connectivity index (χ0n) is 6.17. The van der Waals surface area contributed by atoms with Gasteiger partial charge in [0.1, 0.15) is 0 Å². The fraction of sp³-hybridized carbons (Fsp3) is 0.778. The minimum atomic E-state index is 0.927. The molecule has 2 aliphatic carbocycles. The van der Waals surface area contributed by atoms with Crippen molar-refractivity contribution in [3.63, 3.8) is 0 Å². The maximum absolute atomic E-state index is 3.80. The smallest absolute Gasteiger partial charge is 0.0168 e. The summed E-state index contributed by atoms with van der Waals surface area (Å²) in [7, 11) is 0. The zero-order valence-corrected chi connectivity index (χ0v) is 6.17. The van der Waals surface area contributed by atoms with Gasteiger partial charge in [0.2, 0.25) is 0 Å². The SMILES string of the molecule is C=CC1C2C(C(C)C)C12. The van der Waals surface area contributed by atoms with Crippen LogP contribution in [0.3, 0.4) is 0 Å². The van der Waals surface area contributed by atoms with Crippen LogP contribution >= 0.6 is 0 Å². The summed E-state index contributed by atoms with van der Waals surface area (Å²) in [6.45, 7) is 8.46. The Morgan fingerprint density at radius 2 is 1.89 bits per heavy atom. The maximum Gasteiger partial charge on any atom is -0.0168 e. The molecule has 2 atom stereocenters. The Labute approximate surface area is 57.0 Å². The summed E-state index contributed by atoms with van der Waals surface area (Å²) >= 11 is 0. The van der Waals surface area contributed by atoms with E-state index in [0.717, 1.165) is 29.6 Å². The summed E-state index contributed by atoms with van der Waals surface area (Å²) < 4.78 is 0. The molecule has 0 N–H and O–H groups in total. The van der Waals surface area contributed by atoms with Gasteiger partial charge >= 0.3 is 0 Å². The molecule has 2 saturated carbocycles. The van der Waals surface area contributed by atoms with Gasteiger partial charge in [-0.05, 0) is 29.6 Å². The normalized spacial score (nSPS) is 52.8. The third kappa shape index (κ3) is 0.540. The van der Waals surface area contributed by atoms with E-state index in [9.17, 15) is 0 Å². The van der Waals surface area contributed by atoms with Crippen molar-refractivity contribution in [2.75, 3.05) is 0 Å². The van der Waals surface area contributed by atoms with E-state index in [-0.39, 0.29) is 0 Å². The molecule has 0 spiro atoms. The first kappa shape index (κ1) is 5.52. The summed E-state index contributed by atoms with van der Waals surface area (Å²) in [5.41, 5.74) is 0. The van der Waals surface area contributed by atoms with Crippen LogP contribution in [0.5, 0.6) is 0 Å². The second-order valence-electron chi connectivity index (χ2n) is 3.79. The van der Waals surface area contributed by atoms with Gasteiger partial charge in [-0.15, -0.1) is 6.58 Å². The highest BCUT2D eigenvalue weighted by atomic mass is 14.8. The van der Waals surface area contributed by atoms with E-state index in [2.05, 4.69) is 26.5 Å². The van der Waals surface area contributed by atoms with Crippen molar-refractivity contribution in [3.8, 4) is 0 Å². The van der Waals surface area contributed by atoms with E-state index >= 15 is 0 Å². The molecule has 0 amide bonds. The van der Waals surface area contributed by atoms with E-state index in [0.29, 0.717) is 0 Å². The molecule has 0 nitrogen and oxygen atoms in total. The van der Waals surface area contributed by atoms with Crippen LogP contribution in [-0.2, 0) is 0 Å². The molecule has 0 heteroatoms. The second-order valence-corrected chi connectivity index (χ2v) is 3.79. The molecule has 50 valence electrons. The van der Waals surface area contributed by atoms with E-state index in [1.54, 1.807) is 0 Å². The Balaban J connectivity index is 1.86. The van der Waals surface area contributed by atoms with Gasteiger partial charge in [-0.25, -0.2) is 0 Å². The van der Waals surface area contributed by atoms with Crippen LogP contribution < -0.4 is 0 Å². The molecule has 0 radical (unpaired) electrons.